The van der Waals surface area contributed by atoms with Gasteiger partial charge in [-0.05, 0) is 12.8 Å². The highest BCUT2D eigenvalue weighted by molar-refractivity contribution is 5.05. The van der Waals surface area contributed by atoms with Crippen molar-refractivity contribution in [3.8, 4) is 12.3 Å². The van der Waals surface area contributed by atoms with E-state index >= 15 is 0 Å². The highest BCUT2D eigenvalue weighted by Gasteiger charge is 2.16. The summed E-state index contributed by atoms with van der Waals surface area (Å²) in [7, 11) is 0. The Balaban J connectivity index is 3.83. The van der Waals surface area contributed by atoms with Gasteiger partial charge in [0.15, 0.2) is 0 Å². The van der Waals surface area contributed by atoms with Gasteiger partial charge in [-0.1, -0.05) is 19.8 Å². The zero-order valence-electron chi connectivity index (χ0n) is 5.44. The van der Waals surface area contributed by atoms with Gasteiger partial charge in [0.05, 0.1) is 0 Å². The van der Waals surface area contributed by atoms with Crippen LogP contribution in [0.15, 0.2) is 0 Å². The zero-order valence-corrected chi connectivity index (χ0v) is 5.44. The van der Waals surface area contributed by atoms with Crippen molar-refractivity contribution in [3.05, 3.63) is 0 Å². The van der Waals surface area contributed by atoms with Gasteiger partial charge >= 0.3 is 0 Å². The van der Waals surface area contributed by atoms with Gasteiger partial charge in [-0.3, -0.25) is 0 Å². The van der Waals surface area contributed by atoms with Crippen LogP contribution in [0.2, 0.25) is 0 Å². The lowest BCUT2D eigenvalue weighted by molar-refractivity contribution is 0.0933. The fourth-order valence-electron chi connectivity index (χ4n) is 0.454. The highest BCUT2D eigenvalue weighted by Crippen LogP contribution is 2.11. The quantitative estimate of drug-likeness (QED) is 0.532. The third-order valence-electron chi connectivity index (χ3n) is 1.44. The van der Waals surface area contributed by atoms with Crippen LogP contribution in [-0.2, 0) is 0 Å². The maximum Gasteiger partial charge on any atom is 0.124 e. The normalized spacial score (nSPS) is 10.8. The van der Waals surface area contributed by atoms with Gasteiger partial charge in [0.2, 0.25) is 0 Å². The van der Waals surface area contributed by atoms with Crippen molar-refractivity contribution >= 4 is 0 Å². The van der Waals surface area contributed by atoms with Gasteiger partial charge in [-0.2, -0.15) is 0 Å². The molecule has 0 fully saturated rings. The number of hydrogen-bond acceptors (Lipinski definition) is 1. The molecule has 0 radical (unpaired) electrons. The second kappa shape index (κ2) is 2.74. The van der Waals surface area contributed by atoms with E-state index in [4.69, 9.17) is 6.42 Å². The third kappa shape index (κ3) is 1.55. The molecule has 0 aliphatic rings. The van der Waals surface area contributed by atoms with E-state index in [1.807, 2.05) is 13.8 Å². The summed E-state index contributed by atoms with van der Waals surface area (Å²) < 4.78 is 0. The fraction of sp³-hybridized carbons (Fsp3) is 0.714. The summed E-state index contributed by atoms with van der Waals surface area (Å²) in [6.07, 6.45) is 6.31. The SMILES string of the molecule is C#CC(O)(CC)CC. The maximum atomic E-state index is 9.20. The Labute approximate surface area is 50.7 Å². The molecule has 8 heavy (non-hydrogen) atoms. The van der Waals surface area contributed by atoms with E-state index in [9.17, 15) is 5.11 Å². The fourth-order valence-corrected chi connectivity index (χ4v) is 0.454. The summed E-state index contributed by atoms with van der Waals surface area (Å²) in [5, 5.41) is 9.20. The monoisotopic (exact) mass is 112 g/mol. The van der Waals surface area contributed by atoms with E-state index in [1.165, 1.54) is 0 Å². The zero-order chi connectivity index (χ0) is 6.62. The Morgan fingerprint density at radius 3 is 1.88 bits per heavy atom. The lowest BCUT2D eigenvalue weighted by atomic mass is 9.99. The van der Waals surface area contributed by atoms with Crippen LogP contribution < -0.4 is 0 Å². The molecule has 0 saturated carbocycles. The minimum Gasteiger partial charge on any atom is -0.378 e. The second-order valence-electron chi connectivity index (χ2n) is 1.88. The van der Waals surface area contributed by atoms with E-state index in [2.05, 4.69) is 5.92 Å². The summed E-state index contributed by atoms with van der Waals surface area (Å²) in [4.78, 5) is 0. The lowest BCUT2D eigenvalue weighted by Crippen LogP contribution is -2.23. The molecule has 0 rings (SSSR count). The Morgan fingerprint density at radius 1 is 1.50 bits per heavy atom. The molecule has 0 aliphatic carbocycles. The lowest BCUT2D eigenvalue weighted by Gasteiger charge is -2.16. The molecule has 0 aromatic carbocycles. The molecular formula is C7H12O. The summed E-state index contributed by atoms with van der Waals surface area (Å²) in [5.74, 6) is 2.33. The number of terminal acetylenes is 1. The van der Waals surface area contributed by atoms with E-state index in [1.54, 1.807) is 0 Å². The standard InChI is InChI=1S/C7H12O/c1-4-7(8,5-2)6-3/h1,8H,5-6H2,2-3H3. The minimum atomic E-state index is -0.847. The van der Waals surface area contributed by atoms with Crippen molar-refractivity contribution in [2.24, 2.45) is 0 Å². The first kappa shape index (κ1) is 7.52. The van der Waals surface area contributed by atoms with Crippen LogP contribution in [-0.4, -0.2) is 10.7 Å². The van der Waals surface area contributed by atoms with Gasteiger partial charge in [0.25, 0.3) is 0 Å². The van der Waals surface area contributed by atoms with Crippen molar-refractivity contribution < 1.29 is 5.11 Å². The molecular weight excluding hydrogens is 100 g/mol. The van der Waals surface area contributed by atoms with E-state index in [-0.39, 0.29) is 0 Å². The average molecular weight is 112 g/mol. The molecule has 46 valence electrons. The largest absolute Gasteiger partial charge is 0.378 e. The van der Waals surface area contributed by atoms with E-state index in [0.29, 0.717) is 12.8 Å². The maximum absolute atomic E-state index is 9.20. The molecule has 1 nitrogen and oxygen atoms in total. The predicted molar refractivity (Wildman–Crippen MR) is 34.4 cm³/mol. The Hall–Kier alpha value is -0.480. The molecule has 0 saturated heterocycles. The van der Waals surface area contributed by atoms with Crippen LogP contribution in [0.1, 0.15) is 26.7 Å². The van der Waals surface area contributed by atoms with Gasteiger partial charge in [-0.15, -0.1) is 6.42 Å². The topological polar surface area (TPSA) is 20.2 Å². The summed E-state index contributed by atoms with van der Waals surface area (Å²) in [6, 6.07) is 0. The minimum absolute atomic E-state index is 0.639. The molecule has 0 bridgehead atoms. The summed E-state index contributed by atoms with van der Waals surface area (Å²) in [5.41, 5.74) is -0.847. The molecule has 0 atom stereocenters. The first-order chi connectivity index (χ1) is 3.68. The first-order valence-electron chi connectivity index (χ1n) is 2.88. The van der Waals surface area contributed by atoms with E-state index in [0.717, 1.165) is 0 Å². The predicted octanol–water partition coefficient (Wildman–Crippen LogP) is 1.17. The van der Waals surface area contributed by atoms with Crippen LogP contribution in [0.5, 0.6) is 0 Å². The molecule has 0 aliphatic heterocycles. The number of aliphatic hydroxyl groups is 1. The third-order valence-corrected chi connectivity index (χ3v) is 1.44. The van der Waals surface area contributed by atoms with Crippen molar-refractivity contribution in [3.63, 3.8) is 0 Å². The van der Waals surface area contributed by atoms with Crippen LogP contribution >= 0.6 is 0 Å². The van der Waals surface area contributed by atoms with Crippen molar-refractivity contribution in [2.75, 3.05) is 0 Å². The molecule has 0 heterocycles. The summed E-state index contributed by atoms with van der Waals surface area (Å²) >= 11 is 0. The van der Waals surface area contributed by atoms with Crippen LogP contribution in [0.3, 0.4) is 0 Å². The van der Waals surface area contributed by atoms with Gasteiger partial charge in [0, 0.05) is 0 Å². The smallest absolute Gasteiger partial charge is 0.124 e. The molecule has 0 aromatic heterocycles. The van der Waals surface area contributed by atoms with Crippen LogP contribution in [0, 0.1) is 12.3 Å². The molecule has 1 N–H and O–H groups in total. The summed E-state index contributed by atoms with van der Waals surface area (Å²) in [6.45, 7) is 3.76. The van der Waals surface area contributed by atoms with Crippen LogP contribution in [0.4, 0.5) is 0 Å². The van der Waals surface area contributed by atoms with Gasteiger partial charge < -0.3 is 5.11 Å². The Morgan fingerprint density at radius 2 is 1.88 bits per heavy atom. The Kier molecular flexibility index (Phi) is 2.57. The van der Waals surface area contributed by atoms with Gasteiger partial charge in [-0.25, -0.2) is 0 Å². The van der Waals surface area contributed by atoms with Crippen molar-refractivity contribution in [1.29, 1.82) is 0 Å². The van der Waals surface area contributed by atoms with Crippen LogP contribution in [0.25, 0.3) is 0 Å². The van der Waals surface area contributed by atoms with E-state index < -0.39 is 5.60 Å². The molecule has 0 aromatic rings. The second-order valence-corrected chi connectivity index (χ2v) is 1.88. The van der Waals surface area contributed by atoms with Crippen molar-refractivity contribution in [1.82, 2.24) is 0 Å². The number of rotatable bonds is 2. The molecule has 0 unspecified atom stereocenters. The highest BCUT2D eigenvalue weighted by atomic mass is 16.3. The molecule has 1 heteroatoms. The average Bonchev–Trinajstić information content (AvgIpc) is 1.87. The Bertz CT molecular complexity index is 95.4. The van der Waals surface area contributed by atoms with Gasteiger partial charge in [0.1, 0.15) is 5.60 Å². The first-order valence-corrected chi connectivity index (χ1v) is 2.88. The molecule has 0 amide bonds. The number of hydrogen-bond donors (Lipinski definition) is 1. The van der Waals surface area contributed by atoms with Crippen molar-refractivity contribution in [2.45, 2.75) is 32.3 Å². The molecule has 0 spiro atoms.